The Labute approximate surface area is 91.8 Å². The summed E-state index contributed by atoms with van der Waals surface area (Å²) in [7, 11) is 4.13. The molecule has 0 heterocycles. The van der Waals surface area contributed by atoms with Gasteiger partial charge in [0.1, 0.15) is 5.75 Å². The third-order valence-electron chi connectivity index (χ3n) is 2.26. The number of rotatable bonds is 5. The summed E-state index contributed by atoms with van der Waals surface area (Å²) in [6.07, 6.45) is 1.04. The number of nitrogens with two attached hydrogens (primary N) is 1. The molecule has 3 heteroatoms. The van der Waals surface area contributed by atoms with E-state index >= 15 is 0 Å². The molecule has 0 aliphatic rings. The van der Waals surface area contributed by atoms with Crippen molar-refractivity contribution in [2.75, 3.05) is 33.0 Å². The topological polar surface area (TPSA) is 38.5 Å². The summed E-state index contributed by atoms with van der Waals surface area (Å²) < 4.78 is 5.61. The molecule has 0 amide bonds. The van der Waals surface area contributed by atoms with Crippen molar-refractivity contribution in [1.82, 2.24) is 4.90 Å². The fraction of sp³-hybridized carbons (Fsp3) is 0.500. The van der Waals surface area contributed by atoms with Crippen LogP contribution in [0.2, 0.25) is 0 Å². The maximum atomic E-state index is 5.72. The smallest absolute Gasteiger partial charge is 0.119 e. The van der Waals surface area contributed by atoms with Gasteiger partial charge in [0.15, 0.2) is 0 Å². The molecule has 0 bridgehead atoms. The second kappa shape index (κ2) is 5.61. The number of nitrogen functional groups attached to an aromatic ring is 1. The first kappa shape index (κ1) is 11.9. The number of aryl methyl sites for hydroxylation is 1. The standard InChI is InChI=1S/C12H20N2O/c1-10-9-11(5-6-12(10)13)15-8-4-7-14(2)3/h5-6,9H,4,7-8,13H2,1-3H3. The third-order valence-corrected chi connectivity index (χ3v) is 2.26. The predicted molar refractivity (Wildman–Crippen MR) is 64.3 cm³/mol. The molecule has 1 aromatic carbocycles. The van der Waals surface area contributed by atoms with Gasteiger partial charge >= 0.3 is 0 Å². The van der Waals surface area contributed by atoms with Gasteiger partial charge in [-0.1, -0.05) is 0 Å². The quantitative estimate of drug-likeness (QED) is 0.593. The fourth-order valence-corrected chi connectivity index (χ4v) is 1.31. The molecule has 0 atom stereocenters. The van der Waals surface area contributed by atoms with E-state index in [1.807, 2.05) is 25.1 Å². The Morgan fingerprint density at radius 3 is 2.67 bits per heavy atom. The van der Waals surface area contributed by atoms with Gasteiger partial charge in [-0.25, -0.2) is 0 Å². The lowest BCUT2D eigenvalue weighted by atomic mass is 10.2. The molecular weight excluding hydrogens is 188 g/mol. The molecule has 0 aromatic heterocycles. The highest BCUT2D eigenvalue weighted by Gasteiger charge is 1.97. The van der Waals surface area contributed by atoms with E-state index < -0.39 is 0 Å². The van der Waals surface area contributed by atoms with E-state index in [4.69, 9.17) is 10.5 Å². The average Bonchev–Trinajstić information content (AvgIpc) is 2.18. The molecule has 0 radical (unpaired) electrons. The van der Waals surface area contributed by atoms with Crippen molar-refractivity contribution in [3.05, 3.63) is 23.8 Å². The lowest BCUT2D eigenvalue weighted by Crippen LogP contribution is -2.15. The number of hydrogen-bond donors (Lipinski definition) is 1. The van der Waals surface area contributed by atoms with Crippen molar-refractivity contribution in [3.8, 4) is 5.75 Å². The first-order valence-corrected chi connectivity index (χ1v) is 5.23. The van der Waals surface area contributed by atoms with Crippen molar-refractivity contribution in [1.29, 1.82) is 0 Å². The molecule has 0 saturated carbocycles. The second-order valence-corrected chi connectivity index (χ2v) is 4.02. The molecule has 0 fully saturated rings. The van der Waals surface area contributed by atoms with Crippen LogP contribution in [0.25, 0.3) is 0 Å². The molecular formula is C12H20N2O. The van der Waals surface area contributed by atoms with Crippen LogP contribution >= 0.6 is 0 Å². The van der Waals surface area contributed by atoms with Crippen molar-refractivity contribution in [2.24, 2.45) is 0 Å². The zero-order valence-electron chi connectivity index (χ0n) is 9.79. The normalized spacial score (nSPS) is 10.7. The molecule has 15 heavy (non-hydrogen) atoms. The molecule has 1 rings (SSSR count). The van der Waals surface area contributed by atoms with Crippen molar-refractivity contribution in [3.63, 3.8) is 0 Å². The van der Waals surface area contributed by atoms with Gasteiger partial charge < -0.3 is 15.4 Å². The Balaban J connectivity index is 2.35. The summed E-state index contributed by atoms with van der Waals surface area (Å²) in [5, 5.41) is 0. The van der Waals surface area contributed by atoms with Gasteiger partial charge in [0, 0.05) is 12.2 Å². The Hall–Kier alpha value is -1.22. The largest absolute Gasteiger partial charge is 0.494 e. The van der Waals surface area contributed by atoms with Crippen LogP contribution in [0.5, 0.6) is 5.75 Å². The number of hydrogen-bond acceptors (Lipinski definition) is 3. The molecule has 84 valence electrons. The lowest BCUT2D eigenvalue weighted by Gasteiger charge is -2.11. The van der Waals surface area contributed by atoms with Gasteiger partial charge in [-0.2, -0.15) is 0 Å². The van der Waals surface area contributed by atoms with Crippen LogP contribution < -0.4 is 10.5 Å². The average molecular weight is 208 g/mol. The molecule has 0 aliphatic heterocycles. The SMILES string of the molecule is Cc1cc(OCCCN(C)C)ccc1N. The molecule has 2 N–H and O–H groups in total. The maximum absolute atomic E-state index is 5.72. The number of anilines is 1. The Morgan fingerprint density at radius 1 is 1.33 bits per heavy atom. The Morgan fingerprint density at radius 2 is 2.07 bits per heavy atom. The lowest BCUT2D eigenvalue weighted by molar-refractivity contribution is 0.281. The van der Waals surface area contributed by atoms with E-state index in [0.29, 0.717) is 0 Å². The zero-order chi connectivity index (χ0) is 11.3. The summed E-state index contributed by atoms with van der Waals surface area (Å²) in [4.78, 5) is 2.15. The maximum Gasteiger partial charge on any atom is 0.119 e. The molecule has 1 aromatic rings. The van der Waals surface area contributed by atoms with E-state index in [2.05, 4.69) is 19.0 Å². The van der Waals surface area contributed by atoms with E-state index in [-0.39, 0.29) is 0 Å². The van der Waals surface area contributed by atoms with Crippen LogP contribution in [-0.2, 0) is 0 Å². The summed E-state index contributed by atoms with van der Waals surface area (Å²) in [5.74, 6) is 0.903. The number of ether oxygens (including phenoxy) is 1. The zero-order valence-corrected chi connectivity index (χ0v) is 9.79. The number of nitrogens with zero attached hydrogens (tertiary/aromatic N) is 1. The van der Waals surface area contributed by atoms with Gasteiger partial charge in [0.25, 0.3) is 0 Å². The first-order valence-electron chi connectivity index (χ1n) is 5.23. The molecule has 0 unspecified atom stereocenters. The minimum Gasteiger partial charge on any atom is -0.494 e. The highest BCUT2D eigenvalue weighted by atomic mass is 16.5. The second-order valence-electron chi connectivity index (χ2n) is 4.02. The van der Waals surface area contributed by atoms with Crippen LogP contribution in [0, 0.1) is 6.92 Å². The van der Waals surface area contributed by atoms with E-state index in [1.165, 1.54) is 0 Å². The minimum absolute atomic E-state index is 0.752. The number of benzene rings is 1. The van der Waals surface area contributed by atoms with Crippen LogP contribution in [0.3, 0.4) is 0 Å². The fourth-order valence-electron chi connectivity index (χ4n) is 1.31. The highest BCUT2D eigenvalue weighted by molar-refractivity contribution is 5.49. The summed E-state index contributed by atoms with van der Waals surface area (Å²) in [5.41, 5.74) is 7.61. The highest BCUT2D eigenvalue weighted by Crippen LogP contribution is 2.18. The van der Waals surface area contributed by atoms with Crippen molar-refractivity contribution < 1.29 is 4.74 Å². The minimum atomic E-state index is 0.752. The monoisotopic (exact) mass is 208 g/mol. The summed E-state index contributed by atoms with van der Waals surface area (Å²) >= 11 is 0. The predicted octanol–water partition coefficient (Wildman–Crippen LogP) is 1.91. The third kappa shape index (κ3) is 4.21. The van der Waals surface area contributed by atoms with Gasteiger partial charge in [-0.15, -0.1) is 0 Å². The summed E-state index contributed by atoms with van der Waals surface area (Å²) in [6, 6.07) is 5.78. The van der Waals surface area contributed by atoms with Crippen molar-refractivity contribution >= 4 is 5.69 Å². The van der Waals surface area contributed by atoms with Crippen molar-refractivity contribution in [2.45, 2.75) is 13.3 Å². The van der Waals surface area contributed by atoms with Gasteiger partial charge in [-0.05, 0) is 51.2 Å². The Bertz CT molecular complexity index is 310. The van der Waals surface area contributed by atoms with Gasteiger partial charge in [-0.3, -0.25) is 0 Å². The van der Waals surface area contributed by atoms with E-state index in [1.54, 1.807) is 0 Å². The van der Waals surface area contributed by atoms with Crippen LogP contribution in [0.15, 0.2) is 18.2 Å². The van der Waals surface area contributed by atoms with Gasteiger partial charge in [0.05, 0.1) is 6.61 Å². The molecule has 3 nitrogen and oxygen atoms in total. The first-order chi connectivity index (χ1) is 7.09. The molecule has 0 spiro atoms. The molecule has 0 saturated heterocycles. The Kier molecular flexibility index (Phi) is 4.43. The van der Waals surface area contributed by atoms with E-state index in [0.717, 1.165) is 36.6 Å². The summed E-state index contributed by atoms with van der Waals surface area (Å²) in [6.45, 7) is 3.79. The van der Waals surface area contributed by atoms with Crippen LogP contribution in [0.1, 0.15) is 12.0 Å². The van der Waals surface area contributed by atoms with E-state index in [9.17, 15) is 0 Å². The molecule has 0 aliphatic carbocycles. The van der Waals surface area contributed by atoms with Crippen LogP contribution in [0.4, 0.5) is 5.69 Å². The van der Waals surface area contributed by atoms with Gasteiger partial charge in [0.2, 0.25) is 0 Å². The van der Waals surface area contributed by atoms with Crippen LogP contribution in [-0.4, -0.2) is 32.1 Å².